The van der Waals surface area contributed by atoms with E-state index in [1.54, 1.807) is 12.2 Å². The highest BCUT2D eigenvalue weighted by Crippen LogP contribution is 2.39. The molecule has 0 atom stereocenters. The smallest absolute Gasteiger partial charge is 0.244 e. The summed E-state index contributed by atoms with van der Waals surface area (Å²) in [5, 5.41) is 3.02. The van der Waals surface area contributed by atoms with Gasteiger partial charge in [-0.2, -0.15) is 11.8 Å². The summed E-state index contributed by atoms with van der Waals surface area (Å²) in [6.07, 6.45) is 10.5. The number of amides is 1. The molecule has 0 aliphatic heterocycles. The van der Waals surface area contributed by atoms with Crippen LogP contribution in [-0.4, -0.2) is 23.5 Å². The fraction of sp³-hybridized carbons (Fsp3) is 0.438. The van der Waals surface area contributed by atoms with E-state index in [0.717, 1.165) is 12.1 Å². The second-order valence-corrected chi connectivity index (χ2v) is 6.59. The first-order chi connectivity index (χ1) is 9.63. The molecule has 0 radical (unpaired) electrons. The molecule has 0 unspecified atom stereocenters. The predicted molar refractivity (Wildman–Crippen MR) is 87.6 cm³/mol. The molecule has 1 saturated carbocycles. The molecular weight excluding hydrogens is 268 g/mol. The molecule has 1 aromatic carbocycles. The van der Waals surface area contributed by atoms with Gasteiger partial charge in [0.2, 0.25) is 5.91 Å². The van der Waals surface area contributed by atoms with Gasteiger partial charge in [-0.25, -0.2) is 0 Å². The lowest BCUT2D eigenvalue weighted by Crippen LogP contribution is -2.37. The van der Waals surface area contributed by atoms with Crippen molar-refractivity contribution >= 4 is 29.4 Å². The van der Waals surface area contributed by atoms with Gasteiger partial charge >= 0.3 is 0 Å². The number of nitrogens with one attached hydrogen (secondary N) is 1. The quantitative estimate of drug-likeness (QED) is 0.647. The Morgan fingerprint density at radius 3 is 2.85 bits per heavy atom. The van der Waals surface area contributed by atoms with Gasteiger partial charge in [-0.3, -0.25) is 4.79 Å². The molecule has 1 aliphatic carbocycles. The van der Waals surface area contributed by atoms with Crippen LogP contribution < -0.4 is 11.1 Å². The van der Waals surface area contributed by atoms with E-state index in [-0.39, 0.29) is 10.7 Å². The first kappa shape index (κ1) is 15.0. The fourth-order valence-electron chi connectivity index (χ4n) is 2.61. The Labute approximate surface area is 125 Å². The van der Waals surface area contributed by atoms with Gasteiger partial charge in [0, 0.05) is 23.1 Å². The van der Waals surface area contributed by atoms with Crippen LogP contribution in [0.2, 0.25) is 0 Å². The van der Waals surface area contributed by atoms with Gasteiger partial charge in [0.05, 0.1) is 0 Å². The highest BCUT2D eigenvalue weighted by molar-refractivity contribution is 8.00. The maximum atomic E-state index is 11.9. The summed E-state index contributed by atoms with van der Waals surface area (Å²) in [4.78, 5) is 11.9. The first-order valence-corrected chi connectivity index (χ1v) is 8.23. The molecule has 1 aromatic rings. The third-order valence-electron chi connectivity index (χ3n) is 3.87. The van der Waals surface area contributed by atoms with Crippen molar-refractivity contribution in [1.82, 2.24) is 5.32 Å². The zero-order chi connectivity index (χ0) is 14.4. The molecule has 2 rings (SSSR count). The van der Waals surface area contributed by atoms with E-state index in [4.69, 9.17) is 5.73 Å². The van der Waals surface area contributed by atoms with Gasteiger partial charge in [0.25, 0.3) is 0 Å². The van der Waals surface area contributed by atoms with Gasteiger partial charge in [0.1, 0.15) is 0 Å². The fourth-order valence-corrected chi connectivity index (χ4v) is 3.53. The first-order valence-electron chi connectivity index (χ1n) is 7.00. The van der Waals surface area contributed by atoms with Gasteiger partial charge in [-0.15, -0.1) is 0 Å². The molecule has 0 spiro atoms. The highest BCUT2D eigenvalue weighted by atomic mass is 32.2. The third-order valence-corrected chi connectivity index (χ3v) is 5.29. The van der Waals surface area contributed by atoms with Gasteiger partial charge in [0.15, 0.2) is 0 Å². The minimum atomic E-state index is -0.0345. The van der Waals surface area contributed by atoms with Crippen molar-refractivity contribution in [1.29, 1.82) is 0 Å². The Morgan fingerprint density at radius 2 is 2.20 bits per heavy atom. The predicted octanol–water partition coefficient (Wildman–Crippen LogP) is 3.07. The minimum Gasteiger partial charge on any atom is -0.399 e. The maximum absolute atomic E-state index is 11.9. The van der Waals surface area contributed by atoms with Crippen molar-refractivity contribution < 1.29 is 4.79 Å². The van der Waals surface area contributed by atoms with Crippen LogP contribution in [0.5, 0.6) is 0 Å². The third kappa shape index (κ3) is 4.04. The summed E-state index contributed by atoms with van der Waals surface area (Å²) >= 11 is 1.88. The minimum absolute atomic E-state index is 0.0345. The van der Waals surface area contributed by atoms with Gasteiger partial charge < -0.3 is 11.1 Å². The average Bonchev–Trinajstić information content (AvgIpc) is 2.92. The lowest BCUT2D eigenvalue weighted by atomic mass is 10.1. The number of anilines is 1. The number of nitrogens with two attached hydrogens (primary N) is 1. The normalized spacial score (nSPS) is 17.4. The van der Waals surface area contributed by atoms with E-state index < -0.39 is 0 Å². The molecule has 108 valence electrons. The molecule has 3 N–H and O–H groups in total. The van der Waals surface area contributed by atoms with Crippen molar-refractivity contribution in [3.63, 3.8) is 0 Å². The van der Waals surface area contributed by atoms with Crippen LogP contribution in [0.1, 0.15) is 31.2 Å². The van der Waals surface area contributed by atoms with Crippen molar-refractivity contribution in [2.24, 2.45) is 0 Å². The topological polar surface area (TPSA) is 55.1 Å². The van der Waals surface area contributed by atoms with Crippen molar-refractivity contribution in [2.75, 3.05) is 18.5 Å². The van der Waals surface area contributed by atoms with Crippen LogP contribution in [-0.2, 0) is 4.79 Å². The Morgan fingerprint density at radius 1 is 1.45 bits per heavy atom. The zero-order valence-corrected chi connectivity index (χ0v) is 12.7. The number of benzene rings is 1. The molecule has 1 aliphatic rings. The van der Waals surface area contributed by atoms with E-state index >= 15 is 0 Å². The highest BCUT2D eigenvalue weighted by Gasteiger charge is 2.32. The van der Waals surface area contributed by atoms with Crippen LogP contribution in [0.25, 0.3) is 6.08 Å². The van der Waals surface area contributed by atoms with Crippen molar-refractivity contribution in [3.05, 3.63) is 35.9 Å². The van der Waals surface area contributed by atoms with E-state index in [9.17, 15) is 4.79 Å². The summed E-state index contributed by atoms with van der Waals surface area (Å²) in [7, 11) is 0. The van der Waals surface area contributed by atoms with E-state index in [0.29, 0.717) is 5.69 Å². The maximum Gasteiger partial charge on any atom is 0.244 e. The number of carbonyl (C=O) groups excluding carboxylic acids is 1. The second-order valence-electron chi connectivity index (χ2n) is 5.32. The lowest BCUT2D eigenvalue weighted by Gasteiger charge is -2.26. The summed E-state index contributed by atoms with van der Waals surface area (Å²) in [6.45, 7) is 0.758. The number of hydrogen-bond donors (Lipinski definition) is 2. The van der Waals surface area contributed by atoms with Crippen LogP contribution >= 0.6 is 11.8 Å². The van der Waals surface area contributed by atoms with Gasteiger partial charge in [-0.05, 0) is 42.9 Å². The number of hydrogen-bond acceptors (Lipinski definition) is 3. The van der Waals surface area contributed by atoms with Gasteiger partial charge in [-0.1, -0.05) is 25.0 Å². The molecule has 20 heavy (non-hydrogen) atoms. The molecule has 0 heterocycles. The molecule has 0 aromatic heterocycles. The summed E-state index contributed by atoms with van der Waals surface area (Å²) in [5.41, 5.74) is 7.36. The van der Waals surface area contributed by atoms with Crippen LogP contribution in [0.3, 0.4) is 0 Å². The summed E-state index contributed by atoms with van der Waals surface area (Å²) in [5.74, 6) is -0.0345. The molecule has 3 nitrogen and oxygen atoms in total. The van der Waals surface area contributed by atoms with E-state index in [1.165, 1.54) is 25.7 Å². The number of nitrogen functional groups attached to an aromatic ring is 1. The number of rotatable bonds is 5. The number of thioether (sulfide) groups is 1. The van der Waals surface area contributed by atoms with Crippen LogP contribution in [0.15, 0.2) is 30.3 Å². The molecule has 4 heteroatoms. The standard InChI is InChI=1S/C16H22N2OS/c1-20-16(9-2-3-10-16)12-18-15(19)8-7-13-5-4-6-14(17)11-13/h4-8,11H,2-3,9-10,12,17H2,1H3,(H,18,19)/b8-7+. The van der Waals surface area contributed by atoms with Crippen LogP contribution in [0, 0.1) is 0 Å². The summed E-state index contributed by atoms with van der Waals surface area (Å²) in [6, 6.07) is 7.50. The van der Waals surface area contributed by atoms with E-state index in [1.807, 2.05) is 36.0 Å². The Kier molecular flexibility index (Phi) is 5.12. The van der Waals surface area contributed by atoms with E-state index in [2.05, 4.69) is 11.6 Å². The molecular formula is C16H22N2OS. The SMILES string of the molecule is CSC1(CNC(=O)/C=C/c2cccc(N)c2)CCCC1. The molecule has 1 amide bonds. The number of carbonyl (C=O) groups is 1. The van der Waals surface area contributed by atoms with Crippen molar-refractivity contribution in [3.8, 4) is 0 Å². The Balaban J connectivity index is 1.86. The lowest BCUT2D eigenvalue weighted by molar-refractivity contribution is -0.116. The Hall–Kier alpha value is -1.42. The largest absolute Gasteiger partial charge is 0.399 e. The van der Waals surface area contributed by atoms with Crippen molar-refractivity contribution in [2.45, 2.75) is 30.4 Å². The molecule has 0 bridgehead atoms. The molecule has 0 saturated heterocycles. The average molecular weight is 290 g/mol. The Bertz CT molecular complexity index is 493. The molecule has 1 fully saturated rings. The zero-order valence-electron chi connectivity index (χ0n) is 11.9. The second kappa shape index (κ2) is 6.84. The summed E-state index contributed by atoms with van der Waals surface area (Å²) < 4.78 is 0.251. The van der Waals surface area contributed by atoms with Crippen LogP contribution in [0.4, 0.5) is 5.69 Å². The monoisotopic (exact) mass is 290 g/mol.